The van der Waals surface area contributed by atoms with E-state index in [1.165, 1.54) is 26.4 Å². The lowest BCUT2D eigenvalue weighted by Crippen LogP contribution is -2.29. The van der Waals surface area contributed by atoms with Gasteiger partial charge in [0.05, 0.1) is 16.2 Å². The van der Waals surface area contributed by atoms with E-state index in [9.17, 15) is 18.8 Å². The van der Waals surface area contributed by atoms with Crippen molar-refractivity contribution in [2.45, 2.75) is 26.9 Å². The summed E-state index contributed by atoms with van der Waals surface area (Å²) in [4.78, 5) is 38.3. The number of aromatic nitrogens is 4. The van der Waals surface area contributed by atoms with Gasteiger partial charge in [-0.05, 0) is 35.6 Å². The lowest BCUT2D eigenvalue weighted by Gasteiger charge is -2.09. The number of anilines is 1. The van der Waals surface area contributed by atoms with Gasteiger partial charge in [0.25, 0.3) is 5.56 Å². The van der Waals surface area contributed by atoms with E-state index in [0.717, 1.165) is 16.8 Å². The van der Waals surface area contributed by atoms with Gasteiger partial charge in [-0.25, -0.2) is 18.3 Å². The number of hydrogen-bond acceptors (Lipinski definition) is 5. The molecule has 0 aliphatic heterocycles. The number of amides is 1. The van der Waals surface area contributed by atoms with E-state index in [2.05, 4.69) is 10.4 Å². The molecule has 0 radical (unpaired) electrons. The molecule has 0 aliphatic carbocycles. The van der Waals surface area contributed by atoms with E-state index in [4.69, 9.17) is 11.6 Å². The molecule has 0 unspecified atom stereocenters. The van der Waals surface area contributed by atoms with Crippen LogP contribution >= 0.6 is 22.9 Å². The van der Waals surface area contributed by atoms with Crippen molar-refractivity contribution in [3.8, 4) is 0 Å². The van der Waals surface area contributed by atoms with Crippen molar-refractivity contribution in [2.24, 2.45) is 5.92 Å². The number of benzene rings is 1. The van der Waals surface area contributed by atoms with Crippen molar-refractivity contribution in [3.63, 3.8) is 0 Å². The molecule has 0 saturated heterocycles. The van der Waals surface area contributed by atoms with Crippen LogP contribution in [0.4, 0.5) is 10.1 Å². The van der Waals surface area contributed by atoms with Crippen LogP contribution in [0.5, 0.6) is 0 Å². The fourth-order valence-corrected chi connectivity index (χ4v) is 4.22. The third kappa shape index (κ3) is 3.52. The van der Waals surface area contributed by atoms with Crippen LogP contribution in [-0.2, 0) is 17.9 Å². The number of nitrogens with zero attached hydrogens (tertiary/aromatic N) is 4. The average molecular weight is 450 g/mol. The predicted octanol–water partition coefficient (Wildman–Crippen LogP) is 2.96. The zero-order valence-corrected chi connectivity index (χ0v) is 17.6. The summed E-state index contributed by atoms with van der Waals surface area (Å²) in [6.07, 6.45) is 0. The quantitative estimate of drug-likeness (QED) is 0.507. The van der Waals surface area contributed by atoms with Gasteiger partial charge in [-0.2, -0.15) is 0 Å². The van der Waals surface area contributed by atoms with Gasteiger partial charge in [0.2, 0.25) is 11.7 Å². The first kappa shape index (κ1) is 20.3. The summed E-state index contributed by atoms with van der Waals surface area (Å²) in [6.45, 7) is 3.90. The van der Waals surface area contributed by atoms with Gasteiger partial charge >= 0.3 is 5.69 Å². The lowest BCUT2D eigenvalue weighted by molar-refractivity contribution is -0.117. The number of halogens is 2. The molecular weight excluding hydrogens is 433 g/mol. The predicted molar refractivity (Wildman–Crippen MR) is 114 cm³/mol. The van der Waals surface area contributed by atoms with Crippen LogP contribution in [0.2, 0.25) is 5.02 Å². The van der Waals surface area contributed by atoms with Crippen LogP contribution in [-0.4, -0.2) is 24.7 Å². The first-order chi connectivity index (χ1) is 14.3. The molecule has 0 fully saturated rings. The molecule has 8 nitrogen and oxygen atoms in total. The van der Waals surface area contributed by atoms with Crippen molar-refractivity contribution in [3.05, 3.63) is 61.3 Å². The molecule has 0 atom stereocenters. The van der Waals surface area contributed by atoms with Gasteiger partial charge in [0.1, 0.15) is 17.1 Å². The first-order valence-electron chi connectivity index (χ1n) is 9.10. The molecule has 0 spiro atoms. The molecule has 3 aromatic heterocycles. The van der Waals surface area contributed by atoms with Crippen LogP contribution < -0.4 is 16.6 Å². The number of hydrogen-bond donors (Lipinski definition) is 1. The van der Waals surface area contributed by atoms with E-state index >= 15 is 0 Å². The monoisotopic (exact) mass is 449 g/mol. The Morgan fingerprint density at radius 1 is 1.30 bits per heavy atom. The van der Waals surface area contributed by atoms with Crippen molar-refractivity contribution in [1.82, 2.24) is 18.7 Å². The largest absolute Gasteiger partial charge is 0.352 e. The van der Waals surface area contributed by atoms with Gasteiger partial charge in [0.15, 0.2) is 0 Å². The molecule has 3 heterocycles. The molecule has 4 aromatic rings. The van der Waals surface area contributed by atoms with Crippen LogP contribution in [0.15, 0.2) is 39.2 Å². The summed E-state index contributed by atoms with van der Waals surface area (Å²) < 4.78 is 17.4. The van der Waals surface area contributed by atoms with Crippen molar-refractivity contribution < 1.29 is 9.18 Å². The van der Waals surface area contributed by atoms with Crippen LogP contribution in [0.3, 0.4) is 0 Å². The standard InChI is InChI=1S/C19H17ClFN5O3S/c1-10(2)8-24-17(28)16-14(5-6-30-16)26-18(24)23-25(19(26)29)9-15(27)22-13-4-3-11(21)7-12(13)20/h3-7,10H,8-9H2,1-2H3,(H,22,27). The molecule has 30 heavy (non-hydrogen) atoms. The highest BCUT2D eigenvalue weighted by Gasteiger charge is 2.20. The maximum Gasteiger partial charge on any atom is 0.352 e. The number of rotatable bonds is 5. The first-order valence-corrected chi connectivity index (χ1v) is 10.4. The van der Waals surface area contributed by atoms with Crippen molar-refractivity contribution >= 4 is 50.5 Å². The summed E-state index contributed by atoms with van der Waals surface area (Å²) in [6, 6.07) is 5.25. The highest BCUT2D eigenvalue weighted by molar-refractivity contribution is 7.17. The Bertz CT molecular complexity index is 1400. The minimum absolute atomic E-state index is 0.0384. The fraction of sp³-hybridized carbons (Fsp3) is 0.263. The number of nitrogens with one attached hydrogen (secondary N) is 1. The topological polar surface area (TPSA) is 90.4 Å². The summed E-state index contributed by atoms with van der Waals surface area (Å²) in [5.74, 6) is -0.767. The molecule has 0 aliphatic rings. The summed E-state index contributed by atoms with van der Waals surface area (Å²) >= 11 is 7.18. The summed E-state index contributed by atoms with van der Waals surface area (Å²) in [7, 11) is 0. The molecule has 0 bridgehead atoms. The van der Waals surface area contributed by atoms with Crippen molar-refractivity contribution in [1.29, 1.82) is 0 Å². The van der Waals surface area contributed by atoms with E-state index < -0.39 is 24.0 Å². The second-order valence-electron chi connectivity index (χ2n) is 7.19. The zero-order chi connectivity index (χ0) is 21.6. The third-order valence-corrected chi connectivity index (χ3v) is 5.64. The molecule has 1 aromatic carbocycles. The third-order valence-electron chi connectivity index (χ3n) is 4.43. The minimum Gasteiger partial charge on any atom is -0.323 e. The second kappa shape index (κ2) is 7.69. The molecule has 0 saturated carbocycles. The number of fused-ring (bicyclic) bond motifs is 3. The molecule has 1 N–H and O–H groups in total. The Morgan fingerprint density at radius 3 is 2.77 bits per heavy atom. The molecule has 156 valence electrons. The molecule has 1 amide bonds. The Balaban J connectivity index is 1.77. The lowest BCUT2D eigenvalue weighted by atomic mass is 10.2. The molecule has 11 heteroatoms. The van der Waals surface area contributed by atoms with Gasteiger partial charge in [-0.15, -0.1) is 16.4 Å². The summed E-state index contributed by atoms with van der Waals surface area (Å²) in [5.41, 5.74) is -0.0813. The van der Waals surface area contributed by atoms with E-state index in [1.54, 1.807) is 11.4 Å². The smallest absolute Gasteiger partial charge is 0.323 e. The van der Waals surface area contributed by atoms with Crippen molar-refractivity contribution in [2.75, 3.05) is 5.32 Å². The Kier molecular flexibility index (Phi) is 5.20. The SMILES string of the molecule is CC(C)Cn1c(=O)c2sccc2n2c(=O)n(CC(=O)Nc3ccc(F)cc3Cl)nc12. The number of carbonyl (C=O) groups excluding carboxylic acids is 1. The van der Waals surface area contributed by atoms with E-state index in [1.807, 2.05) is 13.8 Å². The highest BCUT2D eigenvalue weighted by Crippen LogP contribution is 2.22. The van der Waals surface area contributed by atoms with E-state index in [-0.39, 0.29) is 28.0 Å². The second-order valence-corrected chi connectivity index (χ2v) is 8.52. The van der Waals surface area contributed by atoms with Crippen LogP contribution in [0.25, 0.3) is 16.0 Å². The number of thiophene rings is 1. The Labute approximate surface area is 178 Å². The highest BCUT2D eigenvalue weighted by atomic mass is 35.5. The number of carbonyl (C=O) groups is 1. The zero-order valence-electron chi connectivity index (χ0n) is 16.1. The normalized spacial score (nSPS) is 11.6. The maximum atomic E-state index is 13.2. The Morgan fingerprint density at radius 2 is 2.07 bits per heavy atom. The van der Waals surface area contributed by atoms with Gasteiger partial charge in [-0.1, -0.05) is 25.4 Å². The molecule has 4 rings (SSSR count). The van der Waals surface area contributed by atoms with Gasteiger partial charge in [0, 0.05) is 6.54 Å². The van der Waals surface area contributed by atoms with Crippen LogP contribution in [0.1, 0.15) is 13.8 Å². The molecular formula is C19H17ClFN5O3S. The van der Waals surface area contributed by atoms with Gasteiger partial charge < -0.3 is 5.32 Å². The fourth-order valence-electron chi connectivity index (χ4n) is 3.18. The minimum atomic E-state index is -0.562. The average Bonchev–Trinajstić information content (AvgIpc) is 3.26. The van der Waals surface area contributed by atoms with Crippen LogP contribution in [0, 0.1) is 11.7 Å². The van der Waals surface area contributed by atoms with Gasteiger partial charge in [-0.3, -0.25) is 14.2 Å². The maximum absolute atomic E-state index is 13.2. The van der Waals surface area contributed by atoms with E-state index in [0.29, 0.717) is 16.8 Å². The summed E-state index contributed by atoms with van der Waals surface area (Å²) in [5, 5.41) is 8.56. The Hall–Kier alpha value is -2.98.